The standard InChI is InChI=1S/C25H33N3O3/c1-19-7-5-9-22(15-19)17-27-11-13-28(14-12-27)24(29)18-26(4)25(30)21(3)31-23-10-6-8-20(2)16-23/h5-10,15-16,21H,11-14,17-18H2,1-4H3/p+1/t21-/m0/s1. The lowest BCUT2D eigenvalue weighted by atomic mass is 10.1. The number of amides is 2. The molecule has 1 fully saturated rings. The second-order valence-corrected chi connectivity index (χ2v) is 8.57. The van der Waals surface area contributed by atoms with Gasteiger partial charge in [-0.1, -0.05) is 42.0 Å². The van der Waals surface area contributed by atoms with Gasteiger partial charge < -0.3 is 19.4 Å². The van der Waals surface area contributed by atoms with Crippen molar-refractivity contribution in [2.75, 3.05) is 39.8 Å². The van der Waals surface area contributed by atoms with E-state index >= 15 is 0 Å². The van der Waals surface area contributed by atoms with Crippen LogP contribution in [0.4, 0.5) is 0 Å². The summed E-state index contributed by atoms with van der Waals surface area (Å²) in [4.78, 5) is 30.2. The van der Waals surface area contributed by atoms with Gasteiger partial charge in [-0.05, 0) is 38.5 Å². The van der Waals surface area contributed by atoms with Crippen LogP contribution in [0.3, 0.4) is 0 Å². The zero-order valence-electron chi connectivity index (χ0n) is 19.1. The molecule has 6 heteroatoms. The van der Waals surface area contributed by atoms with E-state index in [4.69, 9.17) is 4.74 Å². The summed E-state index contributed by atoms with van der Waals surface area (Å²) in [5.41, 5.74) is 3.69. The topological polar surface area (TPSA) is 54.3 Å². The number of hydrogen-bond acceptors (Lipinski definition) is 3. The highest BCUT2D eigenvalue weighted by Gasteiger charge is 2.27. The Labute approximate surface area is 185 Å². The van der Waals surface area contributed by atoms with Gasteiger partial charge >= 0.3 is 0 Å². The number of carbonyl (C=O) groups excluding carboxylic acids is 2. The number of aryl methyl sites for hydroxylation is 2. The first-order valence-corrected chi connectivity index (χ1v) is 11.0. The molecule has 0 saturated carbocycles. The first kappa shape index (κ1) is 22.8. The third-order valence-electron chi connectivity index (χ3n) is 5.76. The summed E-state index contributed by atoms with van der Waals surface area (Å²) in [6.07, 6.45) is -0.643. The number of quaternary nitrogens is 1. The second-order valence-electron chi connectivity index (χ2n) is 8.57. The predicted molar refractivity (Wildman–Crippen MR) is 121 cm³/mol. The van der Waals surface area contributed by atoms with Gasteiger partial charge in [-0.15, -0.1) is 0 Å². The predicted octanol–water partition coefficient (Wildman–Crippen LogP) is 1.46. The van der Waals surface area contributed by atoms with Crippen LogP contribution in [0.25, 0.3) is 0 Å². The maximum Gasteiger partial charge on any atom is 0.263 e. The van der Waals surface area contributed by atoms with E-state index in [0.717, 1.165) is 38.3 Å². The van der Waals surface area contributed by atoms with Gasteiger partial charge in [0.1, 0.15) is 12.3 Å². The lowest BCUT2D eigenvalue weighted by molar-refractivity contribution is -0.917. The van der Waals surface area contributed by atoms with Crippen molar-refractivity contribution in [2.45, 2.75) is 33.4 Å². The molecule has 6 nitrogen and oxygen atoms in total. The molecule has 0 bridgehead atoms. The van der Waals surface area contributed by atoms with Crippen molar-refractivity contribution in [1.82, 2.24) is 9.80 Å². The Morgan fingerprint density at radius 3 is 2.35 bits per heavy atom. The Morgan fingerprint density at radius 1 is 1.06 bits per heavy atom. The fourth-order valence-corrected chi connectivity index (χ4v) is 3.99. The SMILES string of the molecule is Cc1cccc(C[NH+]2CCN(C(=O)CN(C)C(=O)[C@H](C)Oc3cccc(C)c3)CC2)c1. The van der Waals surface area contributed by atoms with Crippen molar-refractivity contribution in [3.63, 3.8) is 0 Å². The van der Waals surface area contributed by atoms with Gasteiger partial charge in [-0.3, -0.25) is 9.59 Å². The summed E-state index contributed by atoms with van der Waals surface area (Å²) in [7, 11) is 1.66. The molecule has 1 atom stereocenters. The smallest absolute Gasteiger partial charge is 0.263 e. The molecule has 166 valence electrons. The van der Waals surface area contributed by atoms with Crippen molar-refractivity contribution in [3.8, 4) is 5.75 Å². The molecular weight excluding hydrogens is 390 g/mol. The van der Waals surface area contributed by atoms with Crippen LogP contribution < -0.4 is 9.64 Å². The monoisotopic (exact) mass is 424 g/mol. The highest BCUT2D eigenvalue weighted by molar-refractivity contribution is 5.86. The van der Waals surface area contributed by atoms with E-state index in [1.54, 1.807) is 14.0 Å². The highest BCUT2D eigenvalue weighted by atomic mass is 16.5. The number of rotatable bonds is 7. The number of piperazine rings is 1. The number of nitrogens with one attached hydrogen (secondary N) is 1. The van der Waals surface area contributed by atoms with Crippen LogP contribution in [-0.4, -0.2) is 67.5 Å². The van der Waals surface area contributed by atoms with E-state index in [-0.39, 0.29) is 18.4 Å². The Morgan fingerprint density at radius 2 is 1.71 bits per heavy atom. The van der Waals surface area contributed by atoms with E-state index in [1.165, 1.54) is 20.9 Å². The molecule has 3 rings (SSSR count). The van der Waals surface area contributed by atoms with E-state index in [9.17, 15) is 9.59 Å². The van der Waals surface area contributed by atoms with Gasteiger partial charge in [0.15, 0.2) is 6.10 Å². The molecule has 0 spiro atoms. The third kappa shape index (κ3) is 6.56. The van der Waals surface area contributed by atoms with Gasteiger partial charge in [-0.25, -0.2) is 0 Å². The molecule has 1 aliphatic rings. The van der Waals surface area contributed by atoms with Gasteiger partial charge in [-0.2, -0.15) is 0 Å². The summed E-state index contributed by atoms with van der Waals surface area (Å²) < 4.78 is 5.76. The van der Waals surface area contributed by atoms with E-state index in [1.807, 2.05) is 36.1 Å². The number of nitrogens with zero attached hydrogens (tertiary/aromatic N) is 2. The zero-order chi connectivity index (χ0) is 22.4. The van der Waals surface area contributed by atoms with Crippen LogP contribution in [0.15, 0.2) is 48.5 Å². The average molecular weight is 425 g/mol. The molecular formula is C25H34N3O3+. The Kier molecular flexibility index (Phi) is 7.69. The van der Waals surface area contributed by atoms with Gasteiger partial charge in [0.25, 0.3) is 5.91 Å². The summed E-state index contributed by atoms with van der Waals surface area (Å²) in [5.74, 6) is 0.458. The molecule has 2 aromatic rings. The number of hydrogen-bond donors (Lipinski definition) is 1. The summed E-state index contributed by atoms with van der Waals surface area (Å²) in [6, 6.07) is 16.2. The molecule has 0 radical (unpaired) electrons. The van der Waals surface area contributed by atoms with Gasteiger partial charge in [0.05, 0.1) is 32.7 Å². The van der Waals surface area contributed by atoms with Crippen molar-refractivity contribution >= 4 is 11.8 Å². The zero-order valence-corrected chi connectivity index (χ0v) is 19.1. The number of likely N-dealkylation sites (N-methyl/N-ethyl adjacent to an activating group) is 1. The van der Waals surface area contributed by atoms with Crippen molar-refractivity contribution in [2.24, 2.45) is 0 Å². The Hall–Kier alpha value is -2.86. The first-order chi connectivity index (χ1) is 14.8. The highest BCUT2D eigenvalue weighted by Crippen LogP contribution is 2.15. The maximum atomic E-state index is 12.7. The van der Waals surface area contributed by atoms with Crippen molar-refractivity contribution in [1.29, 1.82) is 0 Å². The molecule has 0 unspecified atom stereocenters. The molecule has 1 aliphatic heterocycles. The lowest BCUT2D eigenvalue weighted by Crippen LogP contribution is -3.13. The number of carbonyl (C=O) groups is 2. The largest absolute Gasteiger partial charge is 0.481 e. The minimum absolute atomic E-state index is 0.00629. The van der Waals surface area contributed by atoms with E-state index in [2.05, 4.69) is 31.2 Å². The lowest BCUT2D eigenvalue weighted by Gasteiger charge is -2.33. The Balaban J connectivity index is 1.44. The Bertz CT molecular complexity index is 906. The average Bonchev–Trinajstić information content (AvgIpc) is 2.73. The molecule has 2 aromatic carbocycles. The fraction of sp³-hybridized carbons (Fsp3) is 0.440. The molecule has 2 amide bonds. The molecule has 0 aliphatic carbocycles. The van der Waals surface area contributed by atoms with Crippen LogP contribution in [0, 0.1) is 13.8 Å². The summed E-state index contributed by atoms with van der Waals surface area (Å²) in [5, 5.41) is 0. The maximum absolute atomic E-state index is 12.7. The third-order valence-corrected chi connectivity index (χ3v) is 5.76. The van der Waals surface area contributed by atoms with E-state index in [0.29, 0.717) is 5.75 Å². The van der Waals surface area contributed by atoms with Gasteiger partial charge in [0, 0.05) is 12.6 Å². The first-order valence-electron chi connectivity index (χ1n) is 11.0. The molecule has 1 N–H and O–H groups in total. The fourth-order valence-electron chi connectivity index (χ4n) is 3.99. The van der Waals surface area contributed by atoms with Crippen LogP contribution in [0.1, 0.15) is 23.6 Å². The van der Waals surface area contributed by atoms with E-state index < -0.39 is 6.10 Å². The summed E-state index contributed by atoms with van der Waals surface area (Å²) >= 11 is 0. The van der Waals surface area contributed by atoms with Crippen LogP contribution in [-0.2, 0) is 16.1 Å². The molecule has 1 heterocycles. The summed E-state index contributed by atoms with van der Waals surface area (Å²) in [6.45, 7) is 10.2. The van der Waals surface area contributed by atoms with Gasteiger partial charge in [0.2, 0.25) is 5.91 Å². The minimum atomic E-state index is -0.643. The minimum Gasteiger partial charge on any atom is -0.481 e. The molecule has 1 saturated heterocycles. The van der Waals surface area contributed by atoms with Crippen LogP contribution in [0.5, 0.6) is 5.75 Å². The normalized spacial score (nSPS) is 15.4. The van der Waals surface area contributed by atoms with Crippen molar-refractivity contribution < 1.29 is 19.2 Å². The quantitative estimate of drug-likeness (QED) is 0.732. The number of benzene rings is 2. The molecule has 0 aromatic heterocycles. The van der Waals surface area contributed by atoms with Crippen LogP contribution in [0.2, 0.25) is 0 Å². The van der Waals surface area contributed by atoms with Crippen LogP contribution >= 0.6 is 0 Å². The van der Waals surface area contributed by atoms with Crippen molar-refractivity contribution in [3.05, 3.63) is 65.2 Å². The molecule has 31 heavy (non-hydrogen) atoms. The second kappa shape index (κ2) is 10.4. The number of ether oxygens (including phenoxy) is 1.